The maximum absolute atomic E-state index is 5.25. The van der Waals surface area contributed by atoms with Crippen LogP contribution in [0.3, 0.4) is 0 Å². The summed E-state index contributed by atoms with van der Waals surface area (Å²) in [6, 6.07) is 0. The van der Waals surface area contributed by atoms with Crippen LogP contribution in [0.25, 0.3) is 0 Å². The largest absolute Gasteiger partial charge is 0.378 e. The van der Waals surface area contributed by atoms with E-state index < -0.39 is 0 Å². The van der Waals surface area contributed by atoms with Crippen LogP contribution >= 0.6 is 23.1 Å². The van der Waals surface area contributed by atoms with Crippen LogP contribution in [0, 0.1) is 0 Å². The maximum atomic E-state index is 5.25. The highest BCUT2D eigenvalue weighted by atomic mass is 32.2. The van der Waals surface area contributed by atoms with Gasteiger partial charge in [-0.25, -0.2) is 4.98 Å². The highest BCUT2D eigenvalue weighted by Crippen LogP contribution is 2.32. The number of rotatable bonds is 5. The zero-order valence-corrected chi connectivity index (χ0v) is 13.7. The molecule has 1 aromatic rings. The molecule has 1 saturated heterocycles. The third-order valence-corrected chi connectivity index (χ3v) is 5.46. The Hall–Kier alpha value is -0.300. The maximum Gasteiger partial charge on any atom is 0.185 e. The molecule has 2 atom stereocenters. The number of hydrogen-bond acceptors (Lipinski definition) is 6. The molecule has 1 aliphatic rings. The van der Waals surface area contributed by atoms with Gasteiger partial charge in [0.25, 0.3) is 0 Å². The van der Waals surface area contributed by atoms with Gasteiger partial charge in [-0.1, -0.05) is 13.8 Å². The monoisotopic (exact) mass is 301 g/mol. The van der Waals surface area contributed by atoms with E-state index in [1.807, 2.05) is 7.05 Å². The van der Waals surface area contributed by atoms with E-state index in [9.17, 15) is 0 Å². The van der Waals surface area contributed by atoms with Crippen molar-refractivity contribution in [2.45, 2.75) is 37.5 Å². The summed E-state index contributed by atoms with van der Waals surface area (Å²) >= 11 is 3.87. The molecule has 1 N–H and O–H groups in total. The van der Waals surface area contributed by atoms with Gasteiger partial charge in [0.05, 0.1) is 12.3 Å². The minimum absolute atomic E-state index is 0.598. The second-order valence-electron chi connectivity index (χ2n) is 4.99. The smallest absolute Gasteiger partial charge is 0.185 e. The molecular formula is C13H23N3OS2. The van der Waals surface area contributed by atoms with Crippen molar-refractivity contribution in [2.75, 3.05) is 32.1 Å². The minimum Gasteiger partial charge on any atom is -0.378 e. The van der Waals surface area contributed by atoms with Crippen molar-refractivity contribution in [1.29, 1.82) is 0 Å². The van der Waals surface area contributed by atoms with Crippen LogP contribution in [0.4, 0.5) is 5.13 Å². The second kappa shape index (κ2) is 6.92. The van der Waals surface area contributed by atoms with E-state index in [2.05, 4.69) is 35.8 Å². The van der Waals surface area contributed by atoms with Gasteiger partial charge in [0.2, 0.25) is 0 Å². The van der Waals surface area contributed by atoms with E-state index in [-0.39, 0.29) is 0 Å². The highest BCUT2D eigenvalue weighted by Gasteiger charge is 2.25. The fraction of sp³-hybridized carbons (Fsp3) is 0.769. The van der Waals surface area contributed by atoms with Gasteiger partial charge in [-0.3, -0.25) is 0 Å². The molecular weight excluding hydrogens is 278 g/mol. The molecule has 6 heteroatoms. The van der Waals surface area contributed by atoms with Crippen LogP contribution in [-0.4, -0.2) is 42.7 Å². The molecule has 19 heavy (non-hydrogen) atoms. The van der Waals surface area contributed by atoms with Gasteiger partial charge in [0.1, 0.15) is 0 Å². The molecule has 0 saturated carbocycles. The van der Waals surface area contributed by atoms with E-state index >= 15 is 0 Å². The lowest BCUT2D eigenvalue weighted by atomic mass is 10.3. The number of ether oxygens (including phenoxy) is 1. The van der Waals surface area contributed by atoms with E-state index in [4.69, 9.17) is 9.72 Å². The Morgan fingerprint density at radius 1 is 1.37 bits per heavy atom. The molecule has 0 spiro atoms. The summed E-state index contributed by atoms with van der Waals surface area (Å²) in [7, 11) is 3.70. The highest BCUT2D eigenvalue weighted by molar-refractivity contribution is 8.00. The van der Waals surface area contributed by atoms with Crippen molar-refractivity contribution >= 4 is 28.2 Å². The third-order valence-electron chi connectivity index (χ3n) is 3.08. The van der Waals surface area contributed by atoms with Gasteiger partial charge < -0.3 is 15.0 Å². The molecule has 2 heterocycles. The number of thioether (sulfide) groups is 1. The van der Waals surface area contributed by atoms with Crippen LogP contribution in [-0.2, 0) is 17.9 Å². The van der Waals surface area contributed by atoms with Gasteiger partial charge >= 0.3 is 0 Å². The van der Waals surface area contributed by atoms with Gasteiger partial charge in [-0.05, 0) is 7.05 Å². The van der Waals surface area contributed by atoms with Crippen LogP contribution < -0.4 is 10.2 Å². The summed E-state index contributed by atoms with van der Waals surface area (Å²) in [5.74, 6) is 0. The first-order valence-electron chi connectivity index (χ1n) is 6.66. The Balaban J connectivity index is 2.16. The molecule has 0 amide bonds. The lowest BCUT2D eigenvalue weighted by Gasteiger charge is -2.34. The lowest BCUT2D eigenvalue weighted by Crippen LogP contribution is -2.40. The molecule has 0 bridgehead atoms. The molecule has 1 aliphatic heterocycles. The molecule has 0 aliphatic carbocycles. The average Bonchev–Trinajstić information content (AvgIpc) is 2.72. The van der Waals surface area contributed by atoms with Crippen LogP contribution in [0.1, 0.15) is 24.4 Å². The lowest BCUT2D eigenvalue weighted by molar-refractivity contribution is 0.181. The number of methoxy groups -OCH3 is 1. The predicted octanol–water partition coefficient (Wildman–Crippen LogP) is 2.34. The number of nitrogens with one attached hydrogen (secondary N) is 1. The quantitative estimate of drug-likeness (QED) is 0.903. The normalized spacial score (nSPS) is 23.9. The zero-order chi connectivity index (χ0) is 13.8. The van der Waals surface area contributed by atoms with Gasteiger partial charge in [0.15, 0.2) is 5.13 Å². The van der Waals surface area contributed by atoms with E-state index in [1.165, 1.54) is 4.88 Å². The first-order valence-corrected chi connectivity index (χ1v) is 8.42. The summed E-state index contributed by atoms with van der Waals surface area (Å²) in [6.45, 7) is 8.24. The molecule has 1 fully saturated rings. The summed E-state index contributed by atoms with van der Waals surface area (Å²) in [5, 5.41) is 5.70. The number of anilines is 1. The summed E-state index contributed by atoms with van der Waals surface area (Å²) < 4.78 is 5.25. The predicted molar refractivity (Wildman–Crippen MR) is 84.3 cm³/mol. The van der Waals surface area contributed by atoms with E-state index in [0.717, 1.165) is 30.5 Å². The van der Waals surface area contributed by atoms with Crippen molar-refractivity contribution in [1.82, 2.24) is 10.3 Å². The number of nitrogens with zero attached hydrogens (tertiary/aromatic N) is 2. The summed E-state index contributed by atoms with van der Waals surface area (Å²) in [4.78, 5) is 8.50. The van der Waals surface area contributed by atoms with E-state index in [1.54, 1.807) is 18.4 Å². The van der Waals surface area contributed by atoms with Crippen LogP contribution in [0.5, 0.6) is 0 Å². The zero-order valence-electron chi connectivity index (χ0n) is 12.1. The Morgan fingerprint density at radius 2 is 2.05 bits per heavy atom. The first kappa shape index (κ1) is 15.1. The van der Waals surface area contributed by atoms with Crippen molar-refractivity contribution in [2.24, 2.45) is 0 Å². The molecule has 108 valence electrons. The summed E-state index contributed by atoms with van der Waals surface area (Å²) in [5.41, 5.74) is 1.08. The Morgan fingerprint density at radius 3 is 2.63 bits per heavy atom. The summed E-state index contributed by atoms with van der Waals surface area (Å²) in [6.07, 6.45) is 0. The Labute approximate surface area is 123 Å². The standard InChI is InChI=1S/C13H23N3OS2/c1-9-6-16(7-10(2)18-9)13-15-11(8-17-4)12(19-13)5-14-3/h9-10,14H,5-8H2,1-4H3. The second-order valence-corrected chi connectivity index (χ2v) is 7.94. The third kappa shape index (κ3) is 3.84. The van der Waals surface area contributed by atoms with Crippen molar-refractivity contribution in [3.8, 4) is 0 Å². The van der Waals surface area contributed by atoms with Crippen LogP contribution in [0.2, 0.25) is 0 Å². The molecule has 2 unspecified atom stereocenters. The number of thiazole rings is 1. The van der Waals surface area contributed by atoms with Crippen molar-refractivity contribution < 1.29 is 4.74 Å². The van der Waals surface area contributed by atoms with Gasteiger partial charge in [0, 0.05) is 42.1 Å². The van der Waals surface area contributed by atoms with Crippen LogP contribution in [0.15, 0.2) is 0 Å². The van der Waals surface area contributed by atoms with Gasteiger partial charge in [-0.2, -0.15) is 11.8 Å². The van der Waals surface area contributed by atoms with Gasteiger partial charge in [-0.15, -0.1) is 11.3 Å². The Bertz CT molecular complexity index is 377. The number of hydrogen-bond donors (Lipinski definition) is 1. The fourth-order valence-electron chi connectivity index (χ4n) is 2.39. The van der Waals surface area contributed by atoms with Crippen molar-refractivity contribution in [3.05, 3.63) is 10.6 Å². The fourth-order valence-corrected chi connectivity index (χ4v) is 4.81. The molecule has 1 aromatic heterocycles. The molecule has 4 nitrogen and oxygen atoms in total. The molecule has 2 rings (SSSR count). The number of aromatic nitrogens is 1. The SMILES string of the molecule is CNCc1sc(N2CC(C)SC(C)C2)nc1COC. The Kier molecular flexibility index (Phi) is 5.50. The first-order chi connectivity index (χ1) is 9.13. The topological polar surface area (TPSA) is 37.4 Å². The van der Waals surface area contributed by atoms with E-state index in [0.29, 0.717) is 17.1 Å². The minimum atomic E-state index is 0.598. The molecule has 0 radical (unpaired) electrons. The van der Waals surface area contributed by atoms with Crippen molar-refractivity contribution in [3.63, 3.8) is 0 Å². The molecule has 0 aromatic carbocycles. The average molecular weight is 301 g/mol.